The molecule has 306 valence electrons. The Hall–Kier alpha value is -5.66. The quantitative estimate of drug-likeness (QED) is 0.0884. The van der Waals surface area contributed by atoms with Gasteiger partial charge in [-0.05, 0) is 90.9 Å². The number of benzene rings is 4. The van der Waals surface area contributed by atoms with Gasteiger partial charge in [-0.15, -0.1) is 0 Å². The number of aliphatic hydroxyl groups excluding tert-OH is 1. The number of hydrogen-bond donors (Lipinski definition) is 4. The standard InChI is InChI=1S/C47H54N8O4/c1-29(2)41(52-47(58)59-5)45(56)54-23-9-13-39(54)43-48-27-37(50-43)31-17-15-30(16-18-31)33-19-20-35-26-36(22-21-34(35)25-33)38-28-49-44(51-38)40-14-10-24-55(40)46(57)42(53(3)4)32-11-7-6-8-12-32/h6-8,11-12,15-22,25-29,39-42,47,52,58H,9-10,13-14,23-24H2,1-5H3,(H,48,50)(H,49,51)/t39-,40-,41-,42+,47?/m0/s1. The molecule has 0 spiro atoms. The lowest BCUT2D eigenvalue weighted by Gasteiger charge is -2.31. The van der Waals surface area contributed by atoms with E-state index >= 15 is 0 Å². The van der Waals surface area contributed by atoms with Crippen molar-refractivity contribution in [2.45, 2.75) is 70.1 Å². The minimum atomic E-state index is -1.22. The van der Waals surface area contributed by atoms with E-state index in [2.05, 4.69) is 75.9 Å². The Morgan fingerprint density at radius 2 is 1.27 bits per heavy atom. The predicted octanol–water partition coefficient (Wildman–Crippen LogP) is 7.45. The normalized spacial score (nSPS) is 18.6. The Morgan fingerprint density at radius 3 is 1.85 bits per heavy atom. The van der Waals surface area contributed by atoms with Crippen molar-refractivity contribution in [2.75, 3.05) is 34.3 Å². The Kier molecular flexibility index (Phi) is 11.8. The third-order valence-corrected chi connectivity index (χ3v) is 11.9. The molecule has 6 aromatic rings. The lowest BCUT2D eigenvalue weighted by Crippen LogP contribution is -2.52. The molecule has 2 aliphatic rings. The third-order valence-electron chi connectivity index (χ3n) is 11.9. The molecule has 2 aliphatic heterocycles. The number of aromatic amines is 2. The second kappa shape index (κ2) is 17.3. The van der Waals surface area contributed by atoms with Crippen LogP contribution in [-0.2, 0) is 14.3 Å². The number of imidazole rings is 2. The fraction of sp³-hybridized carbons (Fsp3) is 0.362. The maximum absolute atomic E-state index is 14.0. The summed E-state index contributed by atoms with van der Waals surface area (Å²) in [5, 5.41) is 15.2. The van der Waals surface area contributed by atoms with Crippen LogP contribution < -0.4 is 5.32 Å². The van der Waals surface area contributed by atoms with Crippen LogP contribution in [0.2, 0.25) is 0 Å². The number of aromatic nitrogens is 4. The monoisotopic (exact) mass is 794 g/mol. The minimum absolute atomic E-state index is 0.0360. The zero-order chi connectivity index (χ0) is 41.2. The van der Waals surface area contributed by atoms with E-state index in [-0.39, 0.29) is 35.9 Å². The second-order valence-corrected chi connectivity index (χ2v) is 16.4. The van der Waals surface area contributed by atoms with Crippen molar-refractivity contribution >= 4 is 22.6 Å². The van der Waals surface area contributed by atoms with Gasteiger partial charge in [0.25, 0.3) is 0 Å². The van der Waals surface area contributed by atoms with Gasteiger partial charge in [-0.25, -0.2) is 9.97 Å². The summed E-state index contributed by atoms with van der Waals surface area (Å²) in [5.41, 5.74) is 7.10. The van der Waals surface area contributed by atoms with Crippen LogP contribution in [0.5, 0.6) is 0 Å². The number of amides is 2. The number of nitrogens with zero attached hydrogens (tertiary/aromatic N) is 5. The first kappa shape index (κ1) is 40.1. The molecule has 12 heteroatoms. The maximum Gasteiger partial charge on any atom is 0.245 e. The van der Waals surface area contributed by atoms with Crippen LogP contribution >= 0.6 is 0 Å². The molecule has 0 radical (unpaired) electrons. The van der Waals surface area contributed by atoms with E-state index in [1.54, 1.807) is 0 Å². The van der Waals surface area contributed by atoms with E-state index in [1.165, 1.54) is 7.11 Å². The van der Waals surface area contributed by atoms with Gasteiger partial charge in [0.1, 0.15) is 17.7 Å². The Balaban J connectivity index is 0.943. The van der Waals surface area contributed by atoms with Crippen LogP contribution in [0.3, 0.4) is 0 Å². The number of nitrogens with one attached hydrogen (secondary N) is 3. The van der Waals surface area contributed by atoms with Crippen molar-refractivity contribution in [3.05, 3.63) is 121 Å². The zero-order valence-corrected chi connectivity index (χ0v) is 34.4. The van der Waals surface area contributed by atoms with Gasteiger partial charge in [0, 0.05) is 25.8 Å². The highest BCUT2D eigenvalue weighted by molar-refractivity contribution is 5.91. The molecule has 2 saturated heterocycles. The van der Waals surface area contributed by atoms with Gasteiger partial charge in [-0.1, -0.05) is 92.7 Å². The SMILES string of the molecule is COC(O)N[C@H](C(=O)N1CCC[C@H]1c1ncc(-c2ccc(-c3ccc4cc(-c5cnc([C@@H]6CCCN6C(=O)[C@@H](c6ccccc6)N(C)C)[nH]5)ccc4c3)cc2)[nH]1)C(C)C. The lowest BCUT2D eigenvalue weighted by atomic mass is 9.98. The molecule has 4 N–H and O–H groups in total. The summed E-state index contributed by atoms with van der Waals surface area (Å²) in [4.78, 5) is 50.0. The van der Waals surface area contributed by atoms with Gasteiger partial charge in [-0.2, -0.15) is 0 Å². The summed E-state index contributed by atoms with van der Waals surface area (Å²) in [5.74, 6) is 1.58. The van der Waals surface area contributed by atoms with E-state index in [0.717, 1.165) is 87.3 Å². The van der Waals surface area contributed by atoms with Crippen LogP contribution in [0.25, 0.3) is 44.4 Å². The van der Waals surface area contributed by atoms with Gasteiger partial charge in [0.2, 0.25) is 18.2 Å². The van der Waals surface area contributed by atoms with E-state index in [1.807, 2.05) is 85.4 Å². The van der Waals surface area contributed by atoms with Gasteiger partial charge < -0.3 is 29.6 Å². The molecule has 2 amide bonds. The summed E-state index contributed by atoms with van der Waals surface area (Å²) in [6.07, 6.45) is 6.02. The predicted molar refractivity (Wildman–Crippen MR) is 230 cm³/mol. The summed E-state index contributed by atoms with van der Waals surface area (Å²) in [6, 6.07) is 30.2. The molecule has 4 heterocycles. The third kappa shape index (κ3) is 8.31. The van der Waals surface area contributed by atoms with Gasteiger partial charge in [0.15, 0.2) is 0 Å². The number of carbonyl (C=O) groups excluding carboxylic acids is 2. The first-order valence-corrected chi connectivity index (χ1v) is 20.6. The first-order valence-electron chi connectivity index (χ1n) is 20.6. The fourth-order valence-electron chi connectivity index (χ4n) is 8.77. The van der Waals surface area contributed by atoms with Crippen molar-refractivity contribution in [1.29, 1.82) is 0 Å². The van der Waals surface area contributed by atoms with E-state index in [0.29, 0.717) is 13.1 Å². The number of ether oxygens (including phenoxy) is 1. The van der Waals surface area contributed by atoms with Gasteiger partial charge in [-0.3, -0.25) is 19.8 Å². The average molecular weight is 795 g/mol. The zero-order valence-electron chi connectivity index (χ0n) is 34.4. The van der Waals surface area contributed by atoms with Gasteiger partial charge in [0.05, 0.1) is 41.9 Å². The van der Waals surface area contributed by atoms with Crippen LogP contribution in [0.1, 0.15) is 74.9 Å². The molecule has 2 fully saturated rings. The number of H-pyrrole nitrogens is 2. The molecular formula is C47H54N8O4. The topological polar surface area (TPSA) is 143 Å². The van der Waals surface area contributed by atoms with E-state index < -0.39 is 12.5 Å². The molecule has 4 aromatic carbocycles. The number of fused-ring (bicyclic) bond motifs is 1. The molecule has 59 heavy (non-hydrogen) atoms. The molecule has 5 atom stereocenters. The first-order chi connectivity index (χ1) is 28.6. The summed E-state index contributed by atoms with van der Waals surface area (Å²) < 4.78 is 4.97. The van der Waals surface area contributed by atoms with Crippen LogP contribution in [0, 0.1) is 5.92 Å². The van der Waals surface area contributed by atoms with Crippen LogP contribution in [0.4, 0.5) is 0 Å². The fourth-order valence-corrected chi connectivity index (χ4v) is 8.77. The molecule has 8 rings (SSSR count). The van der Waals surface area contributed by atoms with Crippen molar-refractivity contribution in [1.82, 2.24) is 40.0 Å². The van der Waals surface area contributed by atoms with Gasteiger partial charge >= 0.3 is 0 Å². The smallest absolute Gasteiger partial charge is 0.245 e. The molecule has 12 nitrogen and oxygen atoms in total. The van der Waals surface area contributed by atoms with Crippen LogP contribution in [0.15, 0.2) is 103 Å². The number of likely N-dealkylation sites (N-methyl/N-ethyl adjacent to an activating group) is 1. The lowest BCUT2D eigenvalue weighted by molar-refractivity contribution is -0.145. The second-order valence-electron chi connectivity index (χ2n) is 16.4. The molecule has 0 aliphatic carbocycles. The molecule has 0 saturated carbocycles. The summed E-state index contributed by atoms with van der Waals surface area (Å²) >= 11 is 0. The number of hydrogen-bond acceptors (Lipinski definition) is 8. The highest BCUT2D eigenvalue weighted by Crippen LogP contribution is 2.37. The summed E-state index contributed by atoms with van der Waals surface area (Å²) in [7, 11) is 5.31. The largest absolute Gasteiger partial charge is 0.356 e. The molecule has 1 unspecified atom stereocenters. The number of carbonyl (C=O) groups is 2. The molecule has 0 bridgehead atoms. The molecular weight excluding hydrogens is 741 g/mol. The number of rotatable bonds is 13. The highest BCUT2D eigenvalue weighted by atomic mass is 16.6. The van der Waals surface area contributed by atoms with E-state index in [4.69, 9.17) is 14.7 Å². The van der Waals surface area contributed by atoms with Crippen molar-refractivity contribution in [3.8, 4) is 33.6 Å². The van der Waals surface area contributed by atoms with E-state index in [9.17, 15) is 14.7 Å². The highest BCUT2D eigenvalue weighted by Gasteiger charge is 2.38. The average Bonchev–Trinajstić information content (AvgIpc) is 4.09. The van der Waals surface area contributed by atoms with Crippen molar-refractivity contribution in [2.24, 2.45) is 5.92 Å². The number of methoxy groups -OCH3 is 1. The number of aliphatic hydroxyl groups is 1. The van der Waals surface area contributed by atoms with Crippen molar-refractivity contribution < 1.29 is 19.4 Å². The summed E-state index contributed by atoms with van der Waals surface area (Å²) in [6.45, 7) is 5.25. The van der Waals surface area contributed by atoms with Crippen molar-refractivity contribution in [3.63, 3.8) is 0 Å². The van der Waals surface area contributed by atoms with Crippen LogP contribution in [-0.4, -0.2) is 98.3 Å². The Labute approximate surface area is 345 Å². The minimum Gasteiger partial charge on any atom is -0.356 e. The Bertz CT molecular complexity index is 2390. The Morgan fingerprint density at radius 1 is 0.746 bits per heavy atom. The number of likely N-dealkylation sites (tertiary alicyclic amines) is 2. The maximum atomic E-state index is 14.0. The molecule has 2 aromatic heterocycles.